The summed E-state index contributed by atoms with van der Waals surface area (Å²) in [6, 6.07) is -0.991. The summed E-state index contributed by atoms with van der Waals surface area (Å²) in [5.41, 5.74) is 5.58. The first kappa shape index (κ1) is 14.9. The molecule has 0 saturated heterocycles. The summed E-state index contributed by atoms with van der Waals surface area (Å²) in [6.07, 6.45) is 3.41. The number of aliphatic hydroxyl groups is 1. The molecule has 0 bridgehead atoms. The first-order valence-corrected chi connectivity index (χ1v) is 6.42. The Morgan fingerprint density at radius 3 is 2.33 bits per heavy atom. The van der Waals surface area contributed by atoms with Gasteiger partial charge in [0.05, 0.1) is 0 Å². The van der Waals surface area contributed by atoms with Crippen molar-refractivity contribution in [2.75, 3.05) is 13.2 Å². The molecular formula is C12H22N2O4. The third-order valence-corrected chi connectivity index (χ3v) is 3.58. The highest BCUT2D eigenvalue weighted by atomic mass is 16.4. The van der Waals surface area contributed by atoms with Gasteiger partial charge in [-0.2, -0.15) is 0 Å². The van der Waals surface area contributed by atoms with E-state index < -0.39 is 12.0 Å². The van der Waals surface area contributed by atoms with E-state index in [0.717, 1.165) is 25.7 Å². The maximum absolute atomic E-state index is 11.9. The molecule has 6 nitrogen and oxygen atoms in total. The van der Waals surface area contributed by atoms with Gasteiger partial charge in [-0.05, 0) is 38.1 Å². The van der Waals surface area contributed by atoms with E-state index >= 15 is 0 Å². The van der Waals surface area contributed by atoms with Crippen molar-refractivity contribution in [3.8, 4) is 0 Å². The first-order chi connectivity index (χ1) is 8.58. The number of aliphatic carboxylic acids is 1. The molecule has 0 unspecified atom stereocenters. The van der Waals surface area contributed by atoms with Crippen LogP contribution in [-0.4, -0.2) is 41.3 Å². The predicted octanol–water partition coefficient (Wildman–Crippen LogP) is -0.297. The Bertz CT molecular complexity index is 288. The van der Waals surface area contributed by atoms with E-state index in [9.17, 15) is 9.59 Å². The summed E-state index contributed by atoms with van der Waals surface area (Å²) in [7, 11) is 0. The second kappa shape index (κ2) is 7.33. The van der Waals surface area contributed by atoms with Crippen molar-refractivity contribution in [3.05, 3.63) is 0 Å². The van der Waals surface area contributed by atoms with Crippen LogP contribution in [0.2, 0.25) is 0 Å². The Kier molecular flexibility index (Phi) is 6.07. The van der Waals surface area contributed by atoms with E-state index in [1.165, 1.54) is 0 Å². The lowest BCUT2D eigenvalue weighted by molar-refractivity contribution is -0.143. The zero-order valence-electron chi connectivity index (χ0n) is 10.5. The molecule has 0 aliphatic heterocycles. The largest absolute Gasteiger partial charge is 0.480 e. The molecule has 0 aromatic rings. The number of nitrogens with two attached hydrogens (primary N) is 1. The van der Waals surface area contributed by atoms with Crippen molar-refractivity contribution >= 4 is 11.9 Å². The molecule has 1 fully saturated rings. The molecule has 104 valence electrons. The van der Waals surface area contributed by atoms with Crippen molar-refractivity contribution in [3.63, 3.8) is 0 Å². The van der Waals surface area contributed by atoms with Crippen LogP contribution < -0.4 is 11.1 Å². The van der Waals surface area contributed by atoms with Crippen molar-refractivity contribution in [1.29, 1.82) is 0 Å². The topological polar surface area (TPSA) is 113 Å². The third-order valence-electron chi connectivity index (χ3n) is 3.58. The minimum atomic E-state index is -1.10. The van der Waals surface area contributed by atoms with Crippen LogP contribution in [0.5, 0.6) is 0 Å². The number of aliphatic hydroxyl groups excluding tert-OH is 1. The Morgan fingerprint density at radius 1 is 1.28 bits per heavy atom. The van der Waals surface area contributed by atoms with Crippen LogP contribution in [0.15, 0.2) is 0 Å². The van der Waals surface area contributed by atoms with Gasteiger partial charge in [-0.1, -0.05) is 0 Å². The number of carbonyl (C=O) groups is 2. The molecular weight excluding hydrogens is 236 g/mol. The minimum Gasteiger partial charge on any atom is -0.480 e. The fourth-order valence-corrected chi connectivity index (χ4v) is 2.34. The first-order valence-electron chi connectivity index (χ1n) is 6.42. The second-order valence-corrected chi connectivity index (χ2v) is 4.87. The van der Waals surface area contributed by atoms with Gasteiger partial charge in [0.2, 0.25) is 5.91 Å². The van der Waals surface area contributed by atoms with E-state index in [4.69, 9.17) is 15.9 Å². The number of hydrogen-bond acceptors (Lipinski definition) is 4. The van der Waals surface area contributed by atoms with E-state index in [-0.39, 0.29) is 24.9 Å². The Hall–Kier alpha value is -1.14. The highest BCUT2D eigenvalue weighted by molar-refractivity contribution is 5.84. The van der Waals surface area contributed by atoms with E-state index in [1.54, 1.807) is 0 Å². The van der Waals surface area contributed by atoms with Gasteiger partial charge in [0.15, 0.2) is 0 Å². The lowest BCUT2D eigenvalue weighted by Gasteiger charge is -2.27. The van der Waals surface area contributed by atoms with Crippen LogP contribution in [0.1, 0.15) is 32.1 Å². The van der Waals surface area contributed by atoms with Gasteiger partial charge in [0.25, 0.3) is 0 Å². The van der Waals surface area contributed by atoms with E-state index in [2.05, 4.69) is 5.32 Å². The summed E-state index contributed by atoms with van der Waals surface area (Å²) in [5.74, 6) is -0.950. The average Bonchev–Trinajstić information content (AvgIpc) is 2.38. The monoisotopic (exact) mass is 258 g/mol. The van der Waals surface area contributed by atoms with Gasteiger partial charge < -0.3 is 21.3 Å². The maximum atomic E-state index is 11.9. The number of nitrogens with one attached hydrogen (secondary N) is 1. The van der Waals surface area contributed by atoms with Crippen LogP contribution in [0.25, 0.3) is 0 Å². The number of carboxylic acids is 1. The highest BCUT2D eigenvalue weighted by Crippen LogP contribution is 2.28. The number of carboxylic acid groups (broad SMARTS) is 1. The van der Waals surface area contributed by atoms with Crippen LogP contribution in [0, 0.1) is 11.8 Å². The summed E-state index contributed by atoms with van der Waals surface area (Å²) >= 11 is 0. The fraction of sp³-hybridized carbons (Fsp3) is 0.833. The van der Waals surface area contributed by atoms with E-state index in [1.807, 2.05) is 0 Å². The molecule has 1 aliphatic carbocycles. The molecule has 1 atom stereocenters. The van der Waals surface area contributed by atoms with Crippen LogP contribution >= 0.6 is 0 Å². The van der Waals surface area contributed by atoms with Crippen LogP contribution in [0.4, 0.5) is 0 Å². The molecule has 1 saturated carbocycles. The van der Waals surface area contributed by atoms with Crippen molar-refractivity contribution in [2.24, 2.45) is 17.6 Å². The quantitative estimate of drug-likeness (QED) is 0.522. The van der Waals surface area contributed by atoms with E-state index in [0.29, 0.717) is 12.5 Å². The van der Waals surface area contributed by atoms with Crippen LogP contribution in [0.3, 0.4) is 0 Å². The summed E-state index contributed by atoms with van der Waals surface area (Å²) < 4.78 is 0. The molecule has 0 heterocycles. The van der Waals surface area contributed by atoms with Gasteiger partial charge in [-0.15, -0.1) is 0 Å². The predicted molar refractivity (Wildman–Crippen MR) is 65.8 cm³/mol. The molecule has 5 N–H and O–H groups in total. The Balaban J connectivity index is 2.42. The van der Waals surface area contributed by atoms with Gasteiger partial charge >= 0.3 is 5.97 Å². The molecule has 0 spiro atoms. The summed E-state index contributed by atoms with van der Waals surface area (Å²) in [6.45, 7) is 0.397. The zero-order chi connectivity index (χ0) is 13.5. The number of amides is 1. The minimum absolute atomic E-state index is 0.0409. The Labute approximate surface area is 107 Å². The molecule has 0 aromatic heterocycles. The Morgan fingerprint density at radius 2 is 1.89 bits per heavy atom. The fourth-order valence-electron chi connectivity index (χ4n) is 2.34. The lowest BCUT2D eigenvalue weighted by Crippen LogP contribution is -2.45. The highest BCUT2D eigenvalue weighted by Gasteiger charge is 2.28. The molecule has 1 aliphatic rings. The van der Waals surface area contributed by atoms with Gasteiger partial charge in [0, 0.05) is 18.9 Å². The SMILES string of the molecule is NCC1CCC(C(=O)N[C@H](CCO)C(=O)O)CC1. The summed E-state index contributed by atoms with van der Waals surface area (Å²) in [4.78, 5) is 22.8. The van der Waals surface area contributed by atoms with Crippen molar-refractivity contribution in [2.45, 2.75) is 38.1 Å². The molecule has 6 heteroatoms. The molecule has 0 radical (unpaired) electrons. The molecule has 18 heavy (non-hydrogen) atoms. The normalized spacial score (nSPS) is 25.4. The second-order valence-electron chi connectivity index (χ2n) is 4.87. The van der Waals surface area contributed by atoms with Crippen molar-refractivity contribution < 1.29 is 19.8 Å². The summed E-state index contributed by atoms with van der Waals surface area (Å²) in [5, 5.41) is 20.1. The standard InChI is InChI=1S/C12H22N2O4/c13-7-8-1-3-9(4-2-8)11(16)14-10(5-6-15)12(17)18/h8-10,15H,1-7,13H2,(H,14,16)(H,17,18)/t8?,9?,10-/m1/s1. The maximum Gasteiger partial charge on any atom is 0.326 e. The third kappa shape index (κ3) is 4.27. The number of hydrogen-bond donors (Lipinski definition) is 4. The zero-order valence-corrected chi connectivity index (χ0v) is 10.5. The smallest absolute Gasteiger partial charge is 0.326 e. The van der Waals surface area contributed by atoms with Gasteiger partial charge in [-0.25, -0.2) is 4.79 Å². The molecule has 1 rings (SSSR count). The average molecular weight is 258 g/mol. The van der Waals surface area contributed by atoms with Gasteiger partial charge in [0.1, 0.15) is 6.04 Å². The van der Waals surface area contributed by atoms with Crippen LogP contribution in [-0.2, 0) is 9.59 Å². The van der Waals surface area contributed by atoms with Crippen molar-refractivity contribution in [1.82, 2.24) is 5.32 Å². The number of rotatable bonds is 6. The van der Waals surface area contributed by atoms with Gasteiger partial charge in [-0.3, -0.25) is 4.79 Å². The molecule has 1 amide bonds. The molecule has 0 aromatic carbocycles. The number of carbonyl (C=O) groups excluding carboxylic acids is 1. The lowest BCUT2D eigenvalue weighted by atomic mass is 9.81.